The molecule has 1 aliphatic heterocycles. The molecule has 0 bridgehead atoms. The molecular formula is C21H21N7O3S. The van der Waals surface area contributed by atoms with Crippen molar-refractivity contribution < 1.29 is 13.2 Å². The highest BCUT2D eigenvalue weighted by molar-refractivity contribution is 7.88. The number of nitrogens with zero attached hydrogens (tertiary/aromatic N) is 6. The van der Waals surface area contributed by atoms with Gasteiger partial charge < -0.3 is 4.90 Å². The maximum atomic E-state index is 12.8. The Morgan fingerprint density at radius 2 is 1.72 bits per heavy atom. The summed E-state index contributed by atoms with van der Waals surface area (Å²) in [6.07, 6.45) is 2.98. The summed E-state index contributed by atoms with van der Waals surface area (Å²) in [4.78, 5) is 14.5. The number of hydrogen-bond acceptors (Lipinski definition) is 6. The van der Waals surface area contributed by atoms with Gasteiger partial charge in [-0.1, -0.05) is 23.4 Å². The van der Waals surface area contributed by atoms with E-state index in [1.54, 1.807) is 40.0 Å². The highest BCUT2D eigenvalue weighted by Crippen LogP contribution is 2.24. The molecule has 4 aromatic rings. The summed E-state index contributed by atoms with van der Waals surface area (Å²) >= 11 is 0. The molecule has 164 valence electrons. The standard InChI is InChI=1S/C21H21N7O3S/c1-32(30,31)27-12-10-26(11-13-27)21(29)15-6-8-16(9-7-15)28-14-19(23-25-28)20-17-4-2-3-5-18(17)22-24-20/h2-9,14H,10-13H2,1H3,(H,22,24). The van der Waals surface area contributed by atoms with Crippen molar-refractivity contribution in [1.82, 2.24) is 34.4 Å². The number of aromatic amines is 1. The van der Waals surface area contributed by atoms with Gasteiger partial charge in [0.1, 0.15) is 11.4 Å². The number of sulfonamides is 1. The third-order valence-corrected chi connectivity index (χ3v) is 6.88. The zero-order valence-corrected chi connectivity index (χ0v) is 18.2. The number of aromatic nitrogens is 5. The zero-order chi connectivity index (χ0) is 22.3. The first-order valence-corrected chi connectivity index (χ1v) is 12.0. The smallest absolute Gasteiger partial charge is 0.253 e. The van der Waals surface area contributed by atoms with Gasteiger partial charge in [0.05, 0.1) is 23.7 Å². The number of para-hydroxylation sites is 1. The lowest BCUT2D eigenvalue weighted by Crippen LogP contribution is -2.50. The Bertz CT molecular complexity index is 1380. The van der Waals surface area contributed by atoms with Gasteiger partial charge in [-0.2, -0.15) is 9.40 Å². The van der Waals surface area contributed by atoms with Crippen LogP contribution in [0.5, 0.6) is 0 Å². The number of fused-ring (bicyclic) bond motifs is 1. The largest absolute Gasteiger partial charge is 0.336 e. The van der Waals surface area contributed by atoms with Gasteiger partial charge in [0, 0.05) is 37.1 Å². The number of piperazine rings is 1. The van der Waals surface area contributed by atoms with Crippen molar-refractivity contribution in [3.05, 3.63) is 60.3 Å². The van der Waals surface area contributed by atoms with Crippen LogP contribution in [0.3, 0.4) is 0 Å². The summed E-state index contributed by atoms with van der Waals surface area (Å²) in [5.74, 6) is -0.119. The molecule has 0 radical (unpaired) electrons. The van der Waals surface area contributed by atoms with Gasteiger partial charge in [-0.05, 0) is 30.3 Å². The monoisotopic (exact) mass is 451 g/mol. The average molecular weight is 452 g/mol. The normalized spacial score (nSPS) is 15.3. The minimum Gasteiger partial charge on any atom is -0.336 e. The Balaban J connectivity index is 1.31. The van der Waals surface area contributed by atoms with Gasteiger partial charge in [0.25, 0.3) is 5.91 Å². The fraction of sp³-hybridized carbons (Fsp3) is 0.238. The van der Waals surface area contributed by atoms with Gasteiger partial charge in [-0.3, -0.25) is 9.89 Å². The molecule has 0 aliphatic carbocycles. The number of hydrogen-bond donors (Lipinski definition) is 1. The van der Waals surface area contributed by atoms with Crippen molar-refractivity contribution in [1.29, 1.82) is 0 Å². The first-order valence-electron chi connectivity index (χ1n) is 10.1. The maximum Gasteiger partial charge on any atom is 0.253 e. The minimum absolute atomic E-state index is 0.119. The van der Waals surface area contributed by atoms with Crippen molar-refractivity contribution in [3.8, 4) is 17.1 Å². The molecule has 0 unspecified atom stereocenters. The van der Waals surface area contributed by atoms with E-state index < -0.39 is 10.0 Å². The van der Waals surface area contributed by atoms with E-state index in [9.17, 15) is 13.2 Å². The molecule has 1 fully saturated rings. The Hall–Kier alpha value is -3.57. The number of rotatable bonds is 4. The van der Waals surface area contributed by atoms with Crippen LogP contribution >= 0.6 is 0 Å². The molecule has 2 aromatic carbocycles. The van der Waals surface area contributed by atoms with Crippen molar-refractivity contribution in [2.24, 2.45) is 0 Å². The zero-order valence-electron chi connectivity index (χ0n) is 17.3. The molecule has 10 nitrogen and oxygen atoms in total. The quantitative estimate of drug-likeness (QED) is 0.503. The first kappa shape index (κ1) is 20.3. The van der Waals surface area contributed by atoms with Crippen LogP contribution < -0.4 is 0 Å². The highest BCUT2D eigenvalue weighted by atomic mass is 32.2. The molecular weight excluding hydrogens is 430 g/mol. The van der Waals surface area contributed by atoms with E-state index in [0.29, 0.717) is 37.4 Å². The third kappa shape index (κ3) is 3.76. The summed E-state index contributed by atoms with van der Waals surface area (Å²) in [7, 11) is -3.23. The lowest BCUT2D eigenvalue weighted by molar-refractivity contribution is 0.0698. The topological polar surface area (TPSA) is 117 Å². The number of carbonyl (C=O) groups excluding carboxylic acids is 1. The molecule has 11 heteroatoms. The van der Waals surface area contributed by atoms with E-state index in [-0.39, 0.29) is 5.91 Å². The summed E-state index contributed by atoms with van der Waals surface area (Å²) in [6.45, 7) is 1.37. The molecule has 5 rings (SSSR count). The second-order valence-corrected chi connectivity index (χ2v) is 9.65. The minimum atomic E-state index is -3.23. The van der Waals surface area contributed by atoms with Crippen LogP contribution in [0.4, 0.5) is 0 Å². The van der Waals surface area contributed by atoms with E-state index in [2.05, 4.69) is 20.5 Å². The molecule has 1 saturated heterocycles. The van der Waals surface area contributed by atoms with E-state index >= 15 is 0 Å². The lowest BCUT2D eigenvalue weighted by atomic mass is 10.1. The average Bonchev–Trinajstić information content (AvgIpc) is 3.45. The Kier molecular flexibility index (Phi) is 4.98. The van der Waals surface area contributed by atoms with Crippen molar-refractivity contribution in [2.45, 2.75) is 0 Å². The van der Waals surface area contributed by atoms with Crippen LogP contribution in [0.15, 0.2) is 54.7 Å². The molecule has 0 atom stereocenters. The number of amides is 1. The van der Waals surface area contributed by atoms with Crippen LogP contribution in [0.1, 0.15) is 10.4 Å². The van der Waals surface area contributed by atoms with E-state index in [1.807, 2.05) is 24.3 Å². The molecule has 1 N–H and O–H groups in total. The van der Waals surface area contributed by atoms with Crippen molar-refractivity contribution in [2.75, 3.05) is 32.4 Å². The predicted molar refractivity (Wildman–Crippen MR) is 119 cm³/mol. The van der Waals surface area contributed by atoms with E-state index in [1.165, 1.54) is 10.6 Å². The number of benzene rings is 2. The third-order valence-electron chi connectivity index (χ3n) is 5.58. The molecule has 0 spiro atoms. The van der Waals surface area contributed by atoms with Gasteiger partial charge in [0.15, 0.2) is 0 Å². The summed E-state index contributed by atoms with van der Waals surface area (Å²) < 4.78 is 26.3. The first-order chi connectivity index (χ1) is 15.4. The maximum absolute atomic E-state index is 12.8. The van der Waals surface area contributed by atoms with Crippen molar-refractivity contribution in [3.63, 3.8) is 0 Å². The Morgan fingerprint density at radius 1 is 1.00 bits per heavy atom. The fourth-order valence-electron chi connectivity index (χ4n) is 3.82. The SMILES string of the molecule is CS(=O)(=O)N1CCN(C(=O)c2ccc(-n3cc(-c4n[nH]c5ccccc45)nn3)cc2)CC1. The van der Waals surface area contributed by atoms with Gasteiger partial charge in [-0.25, -0.2) is 13.1 Å². The molecule has 0 saturated carbocycles. The number of nitrogens with one attached hydrogen (secondary N) is 1. The van der Waals surface area contributed by atoms with Crippen LogP contribution in [0.25, 0.3) is 28.0 Å². The molecule has 1 amide bonds. The van der Waals surface area contributed by atoms with Crippen LogP contribution in [0.2, 0.25) is 0 Å². The van der Waals surface area contributed by atoms with Crippen LogP contribution in [-0.2, 0) is 10.0 Å². The Morgan fingerprint density at radius 3 is 2.44 bits per heavy atom. The van der Waals surface area contributed by atoms with Crippen molar-refractivity contribution >= 4 is 26.8 Å². The molecule has 1 aliphatic rings. The Labute approximate surface area is 184 Å². The molecule has 3 heterocycles. The second-order valence-electron chi connectivity index (χ2n) is 7.67. The fourth-order valence-corrected chi connectivity index (χ4v) is 4.65. The molecule has 32 heavy (non-hydrogen) atoms. The summed E-state index contributed by atoms with van der Waals surface area (Å²) in [5, 5.41) is 16.8. The number of H-pyrrole nitrogens is 1. The molecule has 2 aromatic heterocycles. The lowest BCUT2D eigenvalue weighted by Gasteiger charge is -2.33. The van der Waals surface area contributed by atoms with E-state index in [4.69, 9.17) is 0 Å². The van der Waals surface area contributed by atoms with Gasteiger partial charge >= 0.3 is 0 Å². The van der Waals surface area contributed by atoms with E-state index in [0.717, 1.165) is 22.3 Å². The summed E-state index contributed by atoms with van der Waals surface area (Å²) in [6, 6.07) is 14.9. The highest BCUT2D eigenvalue weighted by Gasteiger charge is 2.26. The summed E-state index contributed by atoms with van der Waals surface area (Å²) in [5.41, 5.74) is 3.61. The van der Waals surface area contributed by atoms with Gasteiger partial charge in [-0.15, -0.1) is 5.10 Å². The second kappa shape index (κ2) is 7.84. The van der Waals surface area contributed by atoms with Crippen LogP contribution in [-0.4, -0.2) is 81.2 Å². The van der Waals surface area contributed by atoms with Gasteiger partial charge in [0.2, 0.25) is 10.0 Å². The van der Waals surface area contributed by atoms with Crippen LogP contribution in [0, 0.1) is 0 Å². The number of carbonyl (C=O) groups is 1. The predicted octanol–water partition coefficient (Wildman–Crippen LogP) is 1.53.